The topological polar surface area (TPSA) is 60.5 Å². The molecule has 0 aliphatic rings. The number of nitrogens with zero attached hydrogens (tertiary/aromatic N) is 3. The van der Waals surface area contributed by atoms with E-state index in [2.05, 4.69) is 27.9 Å². The molecule has 3 aromatic rings. The molecule has 2 radical (unpaired) electrons. The van der Waals surface area contributed by atoms with Crippen LogP contribution in [0.5, 0.6) is 0 Å². The van der Waals surface area contributed by atoms with Crippen molar-refractivity contribution in [2.45, 2.75) is 16.1 Å². The Hall–Kier alpha value is -2.73. The minimum absolute atomic E-state index is 0.147. The van der Waals surface area contributed by atoms with Crippen LogP contribution in [0.3, 0.4) is 0 Å². The molecule has 1 aromatic heterocycles. The van der Waals surface area contributed by atoms with Gasteiger partial charge in [0, 0.05) is 0 Å². The molecule has 1 heterocycles. The fourth-order valence-corrected chi connectivity index (χ4v) is 4.15. The van der Waals surface area contributed by atoms with Gasteiger partial charge >= 0.3 is 172 Å². The molecule has 0 N–H and O–H groups in total. The number of benzene rings is 2. The quantitative estimate of drug-likeness (QED) is 0.548. The van der Waals surface area contributed by atoms with Crippen LogP contribution in [0.1, 0.15) is 16.7 Å². The molecule has 28 heavy (non-hydrogen) atoms. The number of pyridine rings is 1. The first kappa shape index (κ1) is 20.0. The average molecular weight is 455 g/mol. The van der Waals surface area contributed by atoms with Gasteiger partial charge in [0.2, 0.25) is 0 Å². The van der Waals surface area contributed by atoms with Gasteiger partial charge < -0.3 is 0 Å². The SMILES string of the molecule is N#Cc1c([As])nc(Sc2ccccc2)c(C#N)c1-c1ccc(C(F)(F)F)cc1. The third-order valence-electron chi connectivity index (χ3n) is 3.83. The Morgan fingerprint density at radius 1 is 0.893 bits per heavy atom. The van der Waals surface area contributed by atoms with E-state index < -0.39 is 11.7 Å². The van der Waals surface area contributed by atoms with Crippen molar-refractivity contribution in [2.24, 2.45) is 0 Å². The molecular formula is C20H9AsF3N3S. The molecule has 0 saturated heterocycles. The maximum atomic E-state index is 12.9. The summed E-state index contributed by atoms with van der Waals surface area (Å²) >= 11 is 3.43. The molecule has 0 bridgehead atoms. The van der Waals surface area contributed by atoms with E-state index in [-0.39, 0.29) is 16.7 Å². The van der Waals surface area contributed by atoms with Crippen LogP contribution < -0.4 is 4.48 Å². The third kappa shape index (κ3) is 4.07. The molecule has 0 fully saturated rings. The number of aromatic nitrogens is 1. The van der Waals surface area contributed by atoms with E-state index in [0.29, 0.717) is 15.1 Å². The van der Waals surface area contributed by atoms with Gasteiger partial charge in [0.1, 0.15) is 0 Å². The second-order valence-corrected chi connectivity index (χ2v) is 7.53. The second-order valence-electron chi connectivity index (χ2n) is 5.58. The first-order valence-electron chi connectivity index (χ1n) is 7.83. The first-order chi connectivity index (χ1) is 13.3. The standard InChI is InChI=1S/C20H9AsF3N3S/c21-18-15(10-25)17(12-6-8-13(9-7-12)20(22,23)24)16(11-26)19(27-18)28-14-4-2-1-3-5-14/h1-9H. The number of halogens is 3. The molecule has 0 aliphatic heterocycles. The van der Waals surface area contributed by atoms with Gasteiger partial charge in [-0.15, -0.1) is 0 Å². The summed E-state index contributed by atoms with van der Waals surface area (Å²) < 4.78 is 38.9. The Morgan fingerprint density at radius 3 is 2.04 bits per heavy atom. The van der Waals surface area contributed by atoms with Crippen molar-refractivity contribution < 1.29 is 13.2 Å². The molecule has 0 atom stereocenters. The Bertz CT molecular complexity index is 1100. The fourth-order valence-electron chi connectivity index (χ4n) is 2.55. The van der Waals surface area contributed by atoms with Crippen LogP contribution in [0.4, 0.5) is 13.2 Å². The molecule has 3 nitrogen and oxygen atoms in total. The second kappa shape index (κ2) is 8.10. The van der Waals surface area contributed by atoms with Crippen molar-refractivity contribution in [3.8, 4) is 23.3 Å². The maximum absolute atomic E-state index is 12.9. The van der Waals surface area contributed by atoms with Crippen LogP contribution in [-0.4, -0.2) is 21.8 Å². The van der Waals surface area contributed by atoms with Gasteiger partial charge in [-0.2, -0.15) is 0 Å². The van der Waals surface area contributed by atoms with E-state index in [9.17, 15) is 23.7 Å². The number of rotatable bonds is 3. The Kier molecular flexibility index (Phi) is 5.79. The molecule has 3 rings (SSSR count). The van der Waals surface area contributed by atoms with E-state index in [1.54, 1.807) is 0 Å². The summed E-state index contributed by atoms with van der Waals surface area (Å²) in [4.78, 5) is 5.21. The van der Waals surface area contributed by atoms with Crippen LogP contribution in [-0.2, 0) is 6.18 Å². The number of hydrogen-bond donors (Lipinski definition) is 0. The van der Waals surface area contributed by atoms with Gasteiger partial charge in [0.05, 0.1) is 0 Å². The van der Waals surface area contributed by atoms with E-state index in [1.807, 2.05) is 36.4 Å². The molecule has 0 aliphatic carbocycles. The summed E-state index contributed by atoms with van der Waals surface area (Å²) in [5.74, 6) is 0. The van der Waals surface area contributed by atoms with Gasteiger partial charge in [-0.05, 0) is 0 Å². The zero-order valence-electron chi connectivity index (χ0n) is 14.0. The molecule has 0 saturated carbocycles. The Balaban J connectivity index is 2.19. The first-order valence-corrected chi connectivity index (χ1v) is 9.58. The fraction of sp³-hybridized carbons (Fsp3) is 0.0500. The van der Waals surface area contributed by atoms with Crippen LogP contribution in [0.15, 0.2) is 64.5 Å². The predicted molar refractivity (Wildman–Crippen MR) is 100 cm³/mol. The zero-order chi connectivity index (χ0) is 20.3. The number of alkyl halides is 3. The van der Waals surface area contributed by atoms with Crippen molar-refractivity contribution in [1.29, 1.82) is 10.5 Å². The van der Waals surface area contributed by atoms with E-state index in [0.717, 1.165) is 17.0 Å². The van der Waals surface area contributed by atoms with Gasteiger partial charge in [0.15, 0.2) is 0 Å². The van der Waals surface area contributed by atoms with E-state index in [4.69, 9.17) is 0 Å². The molecule has 0 amide bonds. The van der Waals surface area contributed by atoms with Crippen LogP contribution >= 0.6 is 11.8 Å². The normalized spacial score (nSPS) is 10.9. The van der Waals surface area contributed by atoms with Crippen LogP contribution in [0.25, 0.3) is 11.1 Å². The van der Waals surface area contributed by atoms with Crippen LogP contribution in [0.2, 0.25) is 0 Å². The number of hydrogen-bond acceptors (Lipinski definition) is 4. The molecule has 8 heteroatoms. The molecule has 2 aromatic carbocycles. The summed E-state index contributed by atoms with van der Waals surface area (Å²) in [5, 5.41) is 19.7. The summed E-state index contributed by atoms with van der Waals surface area (Å²) in [6, 6.07) is 17.7. The van der Waals surface area contributed by atoms with Crippen molar-refractivity contribution in [1.82, 2.24) is 4.98 Å². The van der Waals surface area contributed by atoms with Crippen molar-refractivity contribution in [2.75, 3.05) is 0 Å². The third-order valence-corrected chi connectivity index (χ3v) is 5.50. The monoisotopic (exact) mass is 455 g/mol. The molecule has 136 valence electrons. The summed E-state index contributed by atoms with van der Waals surface area (Å²) in [7, 11) is 0. The van der Waals surface area contributed by atoms with Gasteiger partial charge in [0.25, 0.3) is 0 Å². The molecule has 0 unspecified atom stereocenters. The summed E-state index contributed by atoms with van der Waals surface area (Å²) in [5.41, 5.74) is 0.135. The average Bonchev–Trinajstić information content (AvgIpc) is 2.68. The molecular weight excluding hydrogens is 446 g/mol. The number of nitriles is 2. The van der Waals surface area contributed by atoms with Crippen molar-refractivity contribution in [3.05, 3.63) is 71.3 Å². The van der Waals surface area contributed by atoms with E-state index >= 15 is 0 Å². The van der Waals surface area contributed by atoms with E-state index in [1.165, 1.54) is 23.9 Å². The minimum atomic E-state index is -4.46. The summed E-state index contributed by atoms with van der Waals surface area (Å²) in [6.45, 7) is 0. The zero-order valence-corrected chi connectivity index (χ0v) is 16.7. The Labute approximate surface area is 172 Å². The van der Waals surface area contributed by atoms with Gasteiger partial charge in [-0.3, -0.25) is 0 Å². The predicted octanol–water partition coefficient (Wildman–Crippen LogP) is 4.46. The molecule has 0 spiro atoms. The van der Waals surface area contributed by atoms with Crippen LogP contribution in [0, 0.1) is 22.7 Å². The van der Waals surface area contributed by atoms with Gasteiger partial charge in [-0.25, -0.2) is 0 Å². The Morgan fingerprint density at radius 2 is 1.50 bits per heavy atom. The van der Waals surface area contributed by atoms with Crippen molar-refractivity contribution >= 4 is 33.1 Å². The summed E-state index contributed by atoms with van der Waals surface area (Å²) in [6.07, 6.45) is -4.46. The van der Waals surface area contributed by atoms with Crippen molar-refractivity contribution in [3.63, 3.8) is 0 Å². The van der Waals surface area contributed by atoms with Gasteiger partial charge in [-0.1, -0.05) is 0 Å².